The monoisotopic (exact) mass is 269 g/mol. The van der Waals surface area contributed by atoms with Gasteiger partial charge >= 0.3 is 0 Å². The normalized spacial score (nSPS) is 12.0. The molecule has 1 aromatic heterocycles. The third-order valence-electron chi connectivity index (χ3n) is 2.14. The minimum absolute atomic E-state index is 0.342. The summed E-state index contributed by atoms with van der Waals surface area (Å²) in [6.45, 7) is 2.72. The summed E-state index contributed by atoms with van der Waals surface area (Å²) in [6, 6.07) is 3.59. The SMILES string of the molecule is CCCN=C(N)Nc1c(Cl)ccc2nsnc12. The predicted molar refractivity (Wildman–Crippen MR) is 72.8 cm³/mol. The van der Waals surface area contributed by atoms with Gasteiger partial charge in [-0.2, -0.15) is 8.75 Å². The zero-order valence-electron chi connectivity index (χ0n) is 9.27. The molecule has 0 atom stereocenters. The van der Waals surface area contributed by atoms with Gasteiger partial charge in [-0.1, -0.05) is 18.5 Å². The molecular weight excluding hydrogens is 258 g/mol. The highest BCUT2D eigenvalue weighted by Gasteiger charge is 2.10. The van der Waals surface area contributed by atoms with Crippen molar-refractivity contribution in [2.45, 2.75) is 13.3 Å². The molecule has 0 bridgehead atoms. The van der Waals surface area contributed by atoms with Crippen LogP contribution in [0.2, 0.25) is 5.02 Å². The van der Waals surface area contributed by atoms with E-state index in [9.17, 15) is 0 Å². The summed E-state index contributed by atoms with van der Waals surface area (Å²) >= 11 is 7.24. The van der Waals surface area contributed by atoms with Gasteiger partial charge in [0.15, 0.2) is 5.96 Å². The van der Waals surface area contributed by atoms with Crippen molar-refractivity contribution in [1.29, 1.82) is 0 Å². The second-order valence-corrected chi connectivity index (χ2v) is 4.38. The highest BCUT2D eigenvalue weighted by Crippen LogP contribution is 2.29. The van der Waals surface area contributed by atoms with Crippen LogP contribution in [0, 0.1) is 0 Å². The van der Waals surface area contributed by atoms with Crippen LogP contribution < -0.4 is 11.1 Å². The number of fused-ring (bicyclic) bond motifs is 1. The number of aromatic nitrogens is 2. The molecule has 0 aliphatic heterocycles. The molecule has 0 fully saturated rings. The van der Waals surface area contributed by atoms with E-state index in [0.29, 0.717) is 23.2 Å². The van der Waals surface area contributed by atoms with Crippen molar-refractivity contribution in [2.24, 2.45) is 10.7 Å². The van der Waals surface area contributed by atoms with Crippen LogP contribution in [0.3, 0.4) is 0 Å². The van der Waals surface area contributed by atoms with Gasteiger partial charge in [-0.25, -0.2) is 0 Å². The number of halogens is 1. The number of guanidine groups is 1. The van der Waals surface area contributed by atoms with Crippen molar-refractivity contribution in [3.05, 3.63) is 17.2 Å². The van der Waals surface area contributed by atoms with E-state index >= 15 is 0 Å². The standard InChI is InChI=1S/C10H12ClN5S/c1-2-5-13-10(12)14-8-6(11)3-4-7-9(8)16-17-15-7/h3-4H,2,5H2,1H3,(H3,12,13,14). The van der Waals surface area contributed by atoms with Crippen molar-refractivity contribution in [2.75, 3.05) is 11.9 Å². The number of hydrogen-bond acceptors (Lipinski definition) is 4. The first-order valence-electron chi connectivity index (χ1n) is 5.20. The second kappa shape index (κ2) is 5.29. The smallest absolute Gasteiger partial charge is 0.193 e. The molecule has 17 heavy (non-hydrogen) atoms. The molecule has 1 aromatic carbocycles. The van der Waals surface area contributed by atoms with Gasteiger partial charge < -0.3 is 11.1 Å². The van der Waals surface area contributed by atoms with Crippen molar-refractivity contribution >= 4 is 46.0 Å². The summed E-state index contributed by atoms with van der Waals surface area (Å²) in [5.41, 5.74) is 7.93. The Morgan fingerprint density at radius 1 is 1.53 bits per heavy atom. The van der Waals surface area contributed by atoms with E-state index in [1.54, 1.807) is 6.07 Å². The molecular formula is C10H12ClN5S. The third-order valence-corrected chi connectivity index (χ3v) is 2.99. The van der Waals surface area contributed by atoms with Gasteiger partial charge in [0, 0.05) is 6.54 Å². The van der Waals surface area contributed by atoms with Crippen LogP contribution >= 0.6 is 23.3 Å². The van der Waals surface area contributed by atoms with Crippen LogP contribution in [0.4, 0.5) is 5.69 Å². The average Bonchev–Trinajstić information content (AvgIpc) is 2.78. The summed E-state index contributed by atoms with van der Waals surface area (Å²) in [7, 11) is 0. The molecule has 7 heteroatoms. The zero-order chi connectivity index (χ0) is 12.3. The van der Waals surface area contributed by atoms with E-state index in [4.69, 9.17) is 17.3 Å². The Hall–Kier alpha value is -1.40. The van der Waals surface area contributed by atoms with Gasteiger partial charge in [0.25, 0.3) is 0 Å². The third kappa shape index (κ3) is 2.65. The molecule has 0 aliphatic rings. The zero-order valence-corrected chi connectivity index (χ0v) is 10.8. The van der Waals surface area contributed by atoms with Gasteiger partial charge in [-0.05, 0) is 18.6 Å². The van der Waals surface area contributed by atoms with Gasteiger partial charge in [0.05, 0.1) is 22.4 Å². The Morgan fingerprint density at radius 2 is 2.35 bits per heavy atom. The largest absolute Gasteiger partial charge is 0.370 e. The van der Waals surface area contributed by atoms with Crippen LogP contribution in [-0.4, -0.2) is 21.3 Å². The fourth-order valence-electron chi connectivity index (χ4n) is 1.35. The van der Waals surface area contributed by atoms with Gasteiger partial charge in [0.2, 0.25) is 0 Å². The van der Waals surface area contributed by atoms with Crippen LogP contribution in [0.5, 0.6) is 0 Å². The van der Waals surface area contributed by atoms with Gasteiger partial charge in [0.1, 0.15) is 11.0 Å². The lowest BCUT2D eigenvalue weighted by atomic mass is 10.2. The van der Waals surface area contributed by atoms with Crippen molar-refractivity contribution in [3.8, 4) is 0 Å². The van der Waals surface area contributed by atoms with Crippen LogP contribution in [0.15, 0.2) is 17.1 Å². The predicted octanol–water partition coefficient (Wildman–Crippen LogP) is 2.48. The van der Waals surface area contributed by atoms with E-state index in [-0.39, 0.29) is 0 Å². The number of benzene rings is 1. The van der Waals surface area contributed by atoms with Crippen molar-refractivity contribution in [3.63, 3.8) is 0 Å². The molecule has 0 amide bonds. The molecule has 1 heterocycles. The number of nitrogens with one attached hydrogen (secondary N) is 1. The molecule has 90 valence electrons. The number of rotatable bonds is 3. The first-order valence-corrected chi connectivity index (χ1v) is 6.31. The highest BCUT2D eigenvalue weighted by molar-refractivity contribution is 7.00. The fourth-order valence-corrected chi connectivity index (χ4v) is 2.09. The first-order chi connectivity index (χ1) is 8.22. The summed E-state index contributed by atoms with van der Waals surface area (Å²) in [6.07, 6.45) is 0.943. The van der Waals surface area contributed by atoms with E-state index in [1.165, 1.54) is 0 Å². The summed E-state index contributed by atoms with van der Waals surface area (Å²) in [4.78, 5) is 4.15. The maximum absolute atomic E-state index is 6.10. The molecule has 0 spiro atoms. The first kappa shape index (κ1) is 12.1. The van der Waals surface area contributed by atoms with Crippen molar-refractivity contribution in [1.82, 2.24) is 8.75 Å². The maximum atomic E-state index is 6.10. The van der Waals surface area contributed by atoms with Crippen LogP contribution in [-0.2, 0) is 0 Å². The highest BCUT2D eigenvalue weighted by atomic mass is 35.5. The van der Waals surface area contributed by atoms with Crippen molar-refractivity contribution < 1.29 is 0 Å². The molecule has 0 aliphatic carbocycles. The molecule has 2 rings (SSSR count). The number of hydrogen-bond donors (Lipinski definition) is 2. The number of aliphatic imine (C=N–C) groups is 1. The van der Waals surface area contributed by atoms with E-state index in [2.05, 4.69) is 19.1 Å². The average molecular weight is 270 g/mol. The molecule has 0 unspecified atom stereocenters. The number of nitrogens with zero attached hydrogens (tertiary/aromatic N) is 3. The Labute approximate surface area is 108 Å². The molecule has 3 N–H and O–H groups in total. The lowest BCUT2D eigenvalue weighted by molar-refractivity contribution is 0.929. The van der Waals surface area contributed by atoms with Gasteiger partial charge in [-0.15, -0.1) is 0 Å². The summed E-state index contributed by atoms with van der Waals surface area (Å²) in [5, 5.41) is 3.53. The van der Waals surface area contributed by atoms with E-state index < -0.39 is 0 Å². The van der Waals surface area contributed by atoms with Gasteiger partial charge in [-0.3, -0.25) is 4.99 Å². The minimum atomic E-state index is 0.342. The Balaban J connectivity index is 2.34. The molecule has 0 saturated heterocycles. The Kier molecular flexibility index (Phi) is 3.75. The van der Waals surface area contributed by atoms with E-state index in [0.717, 1.165) is 29.2 Å². The van der Waals surface area contributed by atoms with Crippen LogP contribution in [0.25, 0.3) is 11.0 Å². The summed E-state index contributed by atoms with van der Waals surface area (Å²) in [5.74, 6) is 0.342. The lowest BCUT2D eigenvalue weighted by Crippen LogP contribution is -2.23. The minimum Gasteiger partial charge on any atom is -0.370 e. The quantitative estimate of drug-likeness (QED) is 0.663. The maximum Gasteiger partial charge on any atom is 0.193 e. The van der Waals surface area contributed by atoms with Crippen LogP contribution in [0.1, 0.15) is 13.3 Å². The topological polar surface area (TPSA) is 76.2 Å². The van der Waals surface area contributed by atoms with E-state index in [1.807, 2.05) is 13.0 Å². The summed E-state index contributed by atoms with van der Waals surface area (Å²) < 4.78 is 8.33. The molecule has 5 nitrogen and oxygen atoms in total. The molecule has 0 radical (unpaired) electrons. The Bertz CT molecular complexity index is 551. The second-order valence-electron chi connectivity index (χ2n) is 3.45. The molecule has 0 saturated carbocycles. The fraction of sp³-hybridized carbons (Fsp3) is 0.300. The number of anilines is 1. The molecule has 2 aromatic rings. The number of nitrogens with two attached hydrogens (primary N) is 1. The Morgan fingerprint density at radius 3 is 3.12 bits per heavy atom. The lowest BCUT2D eigenvalue weighted by Gasteiger charge is -2.07.